The molecule has 110 valence electrons. The van der Waals surface area contributed by atoms with Gasteiger partial charge in [-0.15, -0.1) is 0 Å². The lowest BCUT2D eigenvalue weighted by Crippen LogP contribution is -2.16. The van der Waals surface area contributed by atoms with Crippen LogP contribution in [0, 0.1) is 0 Å². The van der Waals surface area contributed by atoms with Gasteiger partial charge in [0.15, 0.2) is 0 Å². The van der Waals surface area contributed by atoms with E-state index in [1.165, 1.54) is 12.3 Å². The molecule has 5 nitrogen and oxygen atoms in total. The Labute approximate surface area is 137 Å². The van der Waals surface area contributed by atoms with Crippen molar-refractivity contribution in [2.24, 2.45) is 0 Å². The Morgan fingerprint density at radius 3 is 2.62 bits per heavy atom. The first-order valence-electron chi connectivity index (χ1n) is 6.04. The van der Waals surface area contributed by atoms with Crippen LogP contribution in [0.4, 0.5) is 5.69 Å². The zero-order chi connectivity index (χ0) is 15.6. The second-order valence-corrected chi connectivity index (χ2v) is 5.95. The summed E-state index contributed by atoms with van der Waals surface area (Å²) in [4.78, 5) is 23.6. The first-order valence-corrected chi connectivity index (χ1v) is 7.62. The predicted octanol–water partition coefficient (Wildman–Crippen LogP) is 4.32. The number of rotatable bonds is 4. The van der Waals surface area contributed by atoms with Crippen molar-refractivity contribution in [3.05, 3.63) is 50.3 Å². The van der Waals surface area contributed by atoms with Crippen molar-refractivity contribution >= 4 is 49.4 Å². The van der Waals surface area contributed by atoms with Gasteiger partial charge in [0.25, 0.3) is 5.91 Å². The van der Waals surface area contributed by atoms with Gasteiger partial charge in [0.05, 0.1) is 23.1 Å². The van der Waals surface area contributed by atoms with Crippen molar-refractivity contribution < 1.29 is 19.1 Å². The molecule has 0 saturated heterocycles. The molecule has 0 radical (unpaired) electrons. The highest BCUT2D eigenvalue weighted by Crippen LogP contribution is 2.31. The van der Waals surface area contributed by atoms with Crippen LogP contribution in [-0.4, -0.2) is 17.0 Å². The summed E-state index contributed by atoms with van der Waals surface area (Å²) in [7, 11) is 0. The third-order valence-electron chi connectivity index (χ3n) is 2.84. The molecule has 2 N–H and O–H groups in total. The molecule has 1 heterocycles. The van der Waals surface area contributed by atoms with Gasteiger partial charge in [0, 0.05) is 15.4 Å². The van der Waals surface area contributed by atoms with E-state index in [-0.39, 0.29) is 11.3 Å². The summed E-state index contributed by atoms with van der Waals surface area (Å²) < 4.78 is 6.28. The van der Waals surface area contributed by atoms with Crippen LogP contribution in [0.15, 0.2) is 37.8 Å². The third kappa shape index (κ3) is 3.36. The molecule has 0 spiro atoms. The zero-order valence-corrected chi connectivity index (χ0v) is 14.1. The number of hydrogen-bond donors (Lipinski definition) is 2. The van der Waals surface area contributed by atoms with Crippen LogP contribution in [0.3, 0.4) is 0 Å². The van der Waals surface area contributed by atoms with Crippen molar-refractivity contribution in [2.45, 2.75) is 13.3 Å². The van der Waals surface area contributed by atoms with Crippen LogP contribution in [0.2, 0.25) is 0 Å². The molecule has 1 amide bonds. The van der Waals surface area contributed by atoms with Gasteiger partial charge in [-0.05, 0) is 34.1 Å². The SMILES string of the molecule is CCc1occc1C(=O)Nc1c(Br)cc(Br)cc1C(=O)O. The fourth-order valence-corrected chi connectivity index (χ4v) is 3.19. The van der Waals surface area contributed by atoms with E-state index in [4.69, 9.17) is 4.42 Å². The predicted molar refractivity (Wildman–Crippen MR) is 84.8 cm³/mol. The molecule has 1 aromatic carbocycles. The molecule has 0 unspecified atom stereocenters. The summed E-state index contributed by atoms with van der Waals surface area (Å²) in [6.45, 7) is 1.87. The Hall–Kier alpha value is -1.60. The Bertz CT molecular complexity index is 709. The number of hydrogen-bond acceptors (Lipinski definition) is 3. The van der Waals surface area contributed by atoms with Crippen molar-refractivity contribution in [2.75, 3.05) is 5.32 Å². The summed E-state index contributed by atoms with van der Waals surface area (Å²) in [6, 6.07) is 4.65. The number of carboxylic acids is 1. The molecule has 0 bridgehead atoms. The molecule has 0 saturated carbocycles. The highest BCUT2D eigenvalue weighted by atomic mass is 79.9. The topological polar surface area (TPSA) is 79.5 Å². The summed E-state index contributed by atoms with van der Waals surface area (Å²) in [6.07, 6.45) is 2.01. The maximum absolute atomic E-state index is 12.3. The molecular formula is C14H11Br2NO4. The number of nitrogens with one attached hydrogen (secondary N) is 1. The van der Waals surface area contributed by atoms with Crippen LogP contribution in [0.5, 0.6) is 0 Å². The van der Waals surface area contributed by atoms with E-state index in [1.54, 1.807) is 12.1 Å². The number of furan rings is 1. The monoisotopic (exact) mass is 415 g/mol. The lowest BCUT2D eigenvalue weighted by atomic mass is 10.1. The minimum absolute atomic E-state index is 0.00820. The minimum Gasteiger partial charge on any atom is -0.478 e. The van der Waals surface area contributed by atoms with Gasteiger partial charge in [-0.2, -0.15) is 0 Å². The highest BCUT2D eigenvalue weighted by molar-refractivity contribution is 9.11. The van der Waals surface area contributed by atoms with Crippen molar-refractivity contribution in [3.8, 4) is 0 Å². The van der Waals surface area contributed by atoms with Gasteiger partial charge in [-0.25, -0.2) is 4.79 Å². The quantitative estimate of drug-likeness (QED) is 0.777. The first kappa shape index (κ1) is 15.8. The number of carboxylic acid groups (broad SMARTS) is 1. The minimum atomic E-state index is -1.13. The Balaban J connectivity index is 2.40. The van der Waals surface area contributed by atoms with Gasteiger partial charge < -0.3 is 14.8 Å². The average Bonchev–Trinajstić information content (AvgIpc) is 2.89. The highest BCUT2D eigenvalue weighted by Gasteiger charge is 2.20. The van der Waals surface area contributed by atoms with Crippen LogP contribution in [0.1, 0.15) is 33.4 Å². The number of carbonyl (C=O) groups is 2. The standard InChI is InChI=1S/C14H11Br2NO4/c1-2-11-8(3-4-21-11)13(18)17-12-9(14(19)20)5-7(15)6-10(12)16/h3-6H,2H2,1H3,(H,17,18)(H,19,20). The molecule has 2 rings (SSSR count). The van der Waals surface area contributed by atoms with Crippen molar-refractivity contribution in [3.63, 3.8) is 0 Å². The average molecular weight is 417 g/mol. The second-order valence-electron chi connectivity index (χ2n) is 4.18. The maximum Gasteiger partial charge on any atom is 0.337 e. The number of benzene rings is 1. The first-order chi connectivity index (χ1) is 9.93. The smallest absolute Gasteiger partial charge is 0.337 e. The Morgan fingerprint density at radius 1 is 1.29 bits per heavy atom. The van der Waals surface area contributed by atoms with Crippen molar-refractivity contribution in [1.29, 1.82) is 0 Å². The fourth-order valence-electron chi connectivity index (χ4n) is 1.87. The van der Waals surface area contributed by atoms with E-state index >= 15 is 0 Å². The van der Waals surface area contributed by atoms with E-state index in [9.17, 15) is 14.7 Å². The van der Waals surface area contributed by atoms with Crippen LogP contribution >= 0.6 is 31.9 Å². The molecule has 1 aromatic heterocycles. The molecule has 0 atom stereocenters. The number of anilines is 1. The number of amides is 1. The molecule has 7 heteroatoms. The molecule has 0 aliphatic heterocycles. The summed E-state index contributed by atoms with van der Waals surface area (Å²) >= 11 is 6.48. The van der Waals surface area contributed by atoms with Gasteiger partial charge in [0.1, 0.15) is 5.76 Å². The van der Waals surface area contributed by atoms with E-state index < -0.39 is 11.9 Å². The normalized spacial score (nSPS) is 10.4. The van der Waals surface area contributed by atoms with E-state index in [0.29, 0.717) is 26.7 Å². The van der Waals surface area contributed by atoms with E-state index in [1.807, 2.05) is 6.92 Å². The van der Waals surface area contributed by atoms with Crippen molar-refractivity contribution in [1.82, 2.24) is 0 Å². The molecular weight excluding hydrogens is 406 g/mol. The summed E-state index contributed by atoms with van der Waals surface area (Å²) in [5.74, 6) is -0.987. The van der Waals surface area contributed by atoms with Gasteiger partial charge in [0.2, 0.25) is 0 Å². The number of carbonyl (C=O) groups excluding carboxylic acids is 1. The number of halogens is 2. The lowest BCUT2D eigenvalue weighted by Gasteiger charge is -2.11. The summed E-state index contributed by atoms with van der Waals surface area (Å²) in [5.41, 5.74) is 0.591. The zero-order valence-electron chi connectivity index (χ0n) is 10.9. The van der Waals surface area contributed by atoms with Gasteiger partial charge >= 0.3 is 5.97 Å². The fraction of sp³-hybridized carbons (Fsp3) is 0.143. The molecule has 21 heavy (non-hydrogen) atoms. The number of aryl methyl sites for hydroxylation is 1. The largest absolute Gasteiger partial charge is 0.478 e. The maximum atomic E-state index is 12.3. The molecule has 0 aliphatic carbocycles. The van der Waals surface area contributed by atoms with Crippen LogP contribution in [0.25, 0.3) is 0 Å². The van der Waals surface area contributed by atoms with E-state index in [0.717, 1.165) is 0 Å². The summed E-state index contributed by atoms with van der Waals surface area (Å²) in [5, 5.41) is 11.9. The molecule has 0 aliphatic rings. The Kier molecular flexibility index (Phi) is 4.84. The molecule has 0 fully saturated rings. The third-order valence-corrected chi connectivity index (χ3v) is 3.92. The van der Waals surface area contributed by atoms with Gasteiger partial charge in [-0.3, -0.25) is 4.79 Å². The lowest BCUT2D eigenvalue weighted by molar-refractivity contribution is 0.0698. The second kappa shape index (κ2) is 6.44. The van der Waals surface area contributed by atoms with Gasteiger partial charge in [-0.1, -0.05) is 22.9 Å². The van der Waals surface area contributed by atoms with Crippen LogP contribution in [-0.2, 0) is 6.42 Å². The Morgan fingerprint density at radius 2 is 2.00 bits per heavy atom. The van der Waals surface area contributed by atoms with E-state index in [2.05, 4.69) is 37.2 Å². The van der Waals surface area contributed by atoms with Crippen LogP contribution < -0.4 is 5.32 Å². The number of aromatic carboxylic acids is 1. The molecule has 2 aromatic rings.